The summed E-state index contributed by atoms with van der Waals surface area (Å²) >= 11 is 0. The molecule has 0 aromatic rings. The predicted octanol–water partition coefficient (Wildman–Crippen LogP) is 5.91. The topological polar surface area (TPSA) is 0 Å². The molecule has 0 heteroatoms. The van der Waals surface area contributed by atoms with Crippen molar-refractivity contribution in [3.63, 3.8) is 0 Å². The third kappa shape index (κ3) is 9.24. The first kappa shape index (κ1) is 16.0. The molecule has 0 aliphatic carbocycles. The zero-order valence-corrected chi connectivity index (χ0v) is 12.6. The van der Waals surface area contributed by atoms with E-state index in [1.165, 1.54) is 38.5 Å². The summed E-state index contributed by atoms with van der Waals surface area (Å²) in [7, 11) is 0. The van der Waals surface area contributed by atoms with Gasteiger partial charge in [-0.25, -0.2) is 0 Å². The first-order valence-corrected chi connectivity index (χ1v) is 7.43. The molecule has 98 valence electrons. The van der Waals surface area contributed by atoms with Gasteiger partial charge in [0.2, 0.25) is 0 Å². The number of unbranched alkanes of at least 4 members (excludes halogenated alkanes) is 2. The van der Waals surface area contributed by atoms with E-state index in [9.17, 15) is 0 Å². The average molecular weight is 226 g/mol. The van der Waals surface area contributed by atoms with Gasteiger partial charge >= 0.3 is 0 Å². The van der Waals surface area contributed by atoms with Crippen molar-refractivity contribution < 1.29 is 0 Å². The van der Waals surface area contributed by atoms with Gasteiger partial charge in [0.25, 0.3) is 0 Å². The Labute approximate surface area is 104 Å². The van der Waals surface area contributed by atoms with Gasteiger partial charge in [-0.3, -0.25) is 0 Å². The predicted molar refractivity (Wildman–Crippen MR) is 75.7 cm³/mol. The van der Waals surface area contributed by atoms with Crippen LogP contribution in [0.15, 0.2) is 0 Å². The van der Waals surface area contributed by atoms with Crippen LogP contribution >= 0.6 is 0 Å². The van der Waals surface area contributed by atoms with Crippen molar-refractivity contribution in [1.82, 2.24) is 0 Å². The zero-order chi connectivity index (χ0) is 12.6. The summed E-state index contributed by atoms with van der Waals surface area (Å²) in [6.45, 7) is 14.2. The third-order valence-corrected chi connectivity index (χ3v) is 3.89. The van der Waals surface area contributed by atoms with E-state index in [-0.39, 0.29) is 0 Å². The second kappa shape index (κ2) is 9.07. The second-order valence-corrected chi connectivity index (χ2v) is 6.59. The van der Waals surface area contributed by atoms with Crippen molar-refractivity contribution >= 4 is 0 Å². The molecule has 16 heavy (non-hydrogen) atoms. The van der Waals surface area contributed by atoms with Gasteiger partial charge in [0.05, 0.1) is 0 Å². The van der Waals surface area contributed by atoms with Crippen LogP contribution in [0.3, 0.4) is 0 Å². The normalized spacial score (nSPS) is 15.8. The van der Waals surface area contributed by atoms with Crippen LogP contribution in [0.1, 0.15) is 80.1 Å². The van der Waals surface area contributed by atoms with E-state index in [1.54, 1.807) is 0 Å². The molecular formula is C16H34. The zero-order valence-electron chi connectivity index (χ0n) is 12.6. The van der Waals surface area contributed by atoms with Crippen molar-refractivity contribution in [3.8, 4) is 0 Å². The Kier molecular flexibility index (Phi) is 9.07. The quantitative estimate of drug-likeness (QED) is 0.429. The third-order valence-electron chi connectivity index (χ3n) is 3.89. The maximum atomic E-state index is 2.43. The molecule has 0 amide bonds. The highest BCUT2D eigenvalue weighted by Crippen LogP contribution is 2.23. The molecule has 0 aromatic carbocycles. The van der Waals surface area contributed by atoms with Gasteiger partial charge in [0.1, 0.15) is 0 Å². The van der Waals surface area contributed by atoms with E-state index in [4.69, 9.17) is 0 Å². The molecule has 0 spiro atoms. The molecule has 0 radical (unpaired) electrons. The minimum atomic E-state index is 0.850. The molecule has 0 bridgehead atoms. The fraction of sp³-hybridized carbons (Fsp3) is 1.00. The van der Waals surface area contributed by atoms with Gasteiger partial charge in [0.15, 0.2) is 0 Å². The fourth-order valence-electron chi connectivity index (χ4n) is 2.25. The van der Waals surface area contributed by atoms with E-state index in [1.807, 2.05) is 0 Å². The molecule has 0 aliphatic heterocycles. The van der Waals surface area contributed by atoms with Crippen LogP contribution in [0.25, 0.3) is 0 Å². The molecule has 0 N–H and O–H groups in total. The first-order chi connectivity index (χ1) is 7.43. The van der Waals surface area contributed by atoms with Crippen LogP contribution in [0.5, 0.6) is 0 Å². The van der Waals surface area contributed by atoms with Crippen molar-refractivity contribution in [1.29, 1.82) is 0 Å². The van der Waals surface area contributed by atoms with E-state index in [2.05, 4.69) is 41.5 Å². The molecule has 0 rings (SSSR count). The first-order valence-electron chi connectivity index (χ1n) is 7.43. The van der Waals surface area contributed by atoms with Crippen molar-refractivity contribution in [2.24, 2.45) is 23.7 Å². The lowest BCUT2D eigenvalue weighted by Crippen LogP contribution is -2.09. The largest absolute Gasteiger partial charge is 0.0628 e. The maximum Gasteiger partial charge on any atom is -0.0417 e. The molecular weight excluding hydrogens is 192 g/mol. The van der Waals surface area contributed by atoms with Gasteiger partial charge in [-0.05, 0) is 30.1 Å². The summed E-state index contributed by atoms with van der Waals surface area (Å²) < 4.78 is 0. The smallest absolute Gasteiger partial charge is 0.0417 e. The molecule has 0 aliphatic rings. The Hall–Kier alpha value is 0. The van der Waals surface area contributed by atoms with Gasteiger partial charge in [-0.2, -0.15) is 0 Å². The lowest BCUT2D eigenvalue weighted by molar-refractivity contribution is 0.315. The lowest BCUT2D eigenvalue weighted by Gasteiger charge is -2.20. The van der Waals surface area contributed by atoms with Crippen LogP contribution in [-0.4, -0.2) is 0 Å². The Morgan fingerprint density at radius 2 is 1.25 bits per heavy atom. The molecule has 0 fully saturated rings. The molecule has 0 aromatic heterocycles. The highest BCUT2D eigenvalue weighted by atomic mass is 14.2. The van der Waals surface area contributed by atoms with Crippen molar-refractivity contribution in [2.45, 2.75) is 80.1 Å². The van der Waals surface area contributed by atoms with Crippen molar-refractivity contribution in [2.75, 3.05) is 0 Å². The minimum Gasteiger partial charge on any atom is -0.0628 e. The maximum absolute atomic E-state index is 2.43. The van der Waals surface area contributed by atoms with Gasteiger partial charge in [-0.15, -0.1) is 0 Å². The number of rotatable bonds is 9. The minimum absolute atomic E-state index is 0.850. The van der Waals surface area contributed by atoms with E-state index < -0.39 is 0 Å². The number of hydrogen-bond acceptors (Lipinski definition) is 0. The standard InChI is InChI=1S/C16H34/c1-13(2)10-8-7-9-11-15(5)12-16(6)14(3)4/h13-16H,7-12H2,1-6H3. The second-order valence-electron chi connectivity index (χ2n) is 6.59. The summed E-state index contributed by atoms with van der Waals surface area (Å²) in [5.74, 6) is 3.56. The summed E-state index contributed by atoms with van der Waals surface area (Å²) in [5, 5.41) is 0. The molecule has 0 nitrogen and oxygen atoms in total. The summed E-state index contributed by atoms with van der Waals surface area (Å²) in [6.07, 6.45) is 8.59. The molecule has 2 atom stereocenters. The van der Waals surface area contributed by atoms with Gasteiger partial charge < -0.3 is 0 Å². The Morgan fingerprint density at radius 3 is 1.75 bits per heavy atom. The number of hydrogen-bond donors (Lipinski definition) is 0. The average Bonchev–Trinajstić information content (AvgIpc) is 2.16. The van der Waals surface area contributed by atoms with Crippen LogP contribution in [0, 0.1) is 23.7 Å². The van der Waals surface area contributed by atoms with Crippen LogP contribution in [0.4, 0.5) is 0 Å². The monoisotopic (exact) mass is 226 g/mol. The lowest BCUT2D eigenvalue weighted by atomic mass is 9.86. The summed E-state index contributed by atoms with van der Waals surface area (Å²) in [5.41, 5.74) is 0. The van der Waals surface area contributed by atoms with Gasteiger partial charge in [-0.1, -0.05) is 73.6 Å². The van der Waals surface area contributed by atoms with Gasteiger partial charge in [0, 0.05) is 0 Å². The Balaban J connectivity index is 3.40. The Morgan fingerprint density at radius 1 is 0.688 bits per heavy atom. The van der Waals surface area contributed by atoms with E-state index in [0.29, 0.717) is 0 Å². The summed E-state index contributed by atoms with van der Waals surface area (Å²) in [6, 6.07) is 0. The SMILES string of the molecule is CC(C)CCCCCC(C)CC(C)C(C)C. The van der Waals surface area contributed by atoms with Crippen LogP contribution < -0.4 is 0 Å². The molecule has 2 unspecified atom stereocenters. The van der Waals surface area contributed by atoms with E-state index >= 15 is 0 Å². The Bertz CT molecular complexity index is 146. The van der Waals surface area contributed by atoms with Crippen LogP contribution in [0.2, 0.25) is 0 Å². The highest BCUT2D eigenvalue weighted by Gasteiger charge is 2.11. The summed E-state index contributed by atoms with van der Waals surface area (Å²) in [4.78, 5) is 0. The molecule has 0 saturated carbocycles. The van der Waals surface area contributed by atoms with E-state index in [0.717, 1.165) is 23.7 Å². The molecule has 0 heterocycles. The highest BCUT2D eigenvalue weighted by molar-refractivity contribution is 4.63. The van der Waals surface area contributed by atoms with Crippen LogP contribution in [-0.2, 0) is 0 Å². The van der Waals surface area contributed by atoms with Crippen molar-refractivity contribution in [3.05, 3.63) is 0 Å². The fourth-order valence-corrected chi connectivity index (χ4v) is 2.25. The molecule has 0 saturated heterocycles.